The molecule has 2 aromatic carbocycles. The number of alkyl halides is 3. The summed E-state index contributed by atoms with van der Waals surface area (Å²) in [5.74, 6) is 0.729. The summed E-state index contributed by atoms with van der Waals surface area (Å²) < 4.78 is 41.1. The van der Waals surface area contributed by atoms with Crippen molar-refractivity contribution in [2.24, 2.45) is 4.99 Å². The van der Waals surface area contributed by atoms with E-state index in [0.717, 1.165) is 49.2 Å². The van der Waals surface area contributed by atoms with Crippen LogP contribution < -0.4 is 10.1 Å². The monoisotopic (exact) mass is 362 g/mol. The predicted molar refractivity (Wildman–Crippen MR) is 95.3 cm³/mol. The van der Waals surface area contributed by atoms with Crippen molar-refractivity contribution in [2.75, 3.05) is 6.54 Å². The van der Waals surface area contributed by atoms with E-state index in [9.17, 15) is 13.2 Å². The van der Waals surface area contributed by atoms with Crippen molar-refractivity contribution in [1.82, 2.24) is 5.32 Å². The average molecular weight is 362 g/mol. The van der Waals surface area contributed by atoms with E-state index in [1.54, 1.807) is 12.1 Å². The fourth-order valence-electron chi connectivity index (χ4n) is 3.03. The van der Waals surface area contributed by atoms with E-state index < -0.39 is 6.36 Å². The molecule has 138 valence electrons. The summed E-state index contributed by atoms with van der Waals surface area (Å²) in [5.41, 5.74) is 1.89. The zero-order valence-electron chi connectivity index (χ0n) is 14.3. The Morgan fingerprint density at radius 2 is 1.58 bits per heavy atom. The second-order valence-electron chi connectivity index (χ2n) is 6.24. The van der Waals surface area contributed by atoms with Crippen LogP contribution in [-0.2, 0) is 0 Å². The van der Waals surface area contributed by atoms with Crippen molar-refractivity contribution >= 4 is 5.84 Å². The van der Waals surface area contributed by atoms with Crippen molar-refractivity contribution in [3.8, 4) is 5.75 Å². The maximum Gasteiger partial charge on any atom is 0.573 e. The Morgan fingerprint density at radius 1 is 0.885 bits per heavy atom. The number of hydrogen-bond donors (Lipinski definition) is 1. The van der Waals surface area contributed by atoms with Gasteiger partial charge in [0.1, 0.15) is 5.75 Å². The van der Waals surface area contributed by atoms with Crippen molar-refractivity contribution in [2.45, 2.75) is 38.1 Å². The molecule has 1 N–H and O–H groups in total. The molecule has 2 aromatic rings. The highest BCUT2D eigenvalue weighted by atomic mass is 19.4. The van der Waals surface area contributed by atoms with Crippen molar-refractivity contribution in [3.05, 3.63) is 65.7 Å². The number of aliphatic imine (C=N–C) groups is 1. The van der Waals surface area contributed by atoms with Crippen LogP contribution in [0, 0.1) is 0 Å². The van der Waals surface area contributed by atoms with E-state index in [1.165, 1.54) is 12.1 Å². The smallest absolute Gasteiger partial charge is 0.406 e. The summed E-state index contributed by atoms with van der Waals surface area (Å²) in [6, 6.07) is 15.6. The summed E-state index contributed by atoms with van der Waals surface area (Å²) in [6.07, 6.45) is -0.462. The molecule has 1 atom stereocenters. The Kier molecular flexibility index (Phi) is 5.81. The first-order valence-electron chi connectivity index (χ1n) is 8.72. The zero-order valence-corrected chi connectivity index (χ0v) is 14.3. The van der Waals surface area contributed by atoms with Crippen LogP contribution in [0.2, 0.25) is 0 Å². The lowest BCUT2D eigenvalue weighted by atomic mass is 9.98. The molecule has 0 saturated heterocycles. The number of halogens is 3. The third-order valence-electron chi connectivity index (χ3n) is 4.27. The fraction of sp³-hybridized carbons (Fsp3) is 0.350. The molecule has 26 heavy (non-hydrogen) atoms. The van der Waals surface area contributed by atoms with E-state index in [2.05, 4.69) is 15.0 Å². The van der Waals surface area contributed by atoms with Crippen LogP contribution in [0.5, 0.6) is 5.75 Å². The van der Waals surface area contributed by atoms with E-state index in [1.807, 2.05) is 30.3 Å². The van der Waals surface area contributed by atoms with Crippen LogP contribution in [0.15, 0.2) is 59.6 Å². The highest BCUT2D eigenvalue weighted by Gasteiger charge is 2.31. The molecule has 0 fully saturated rings. The Balaban J connectivity index is 1.84. The zero-order chi connectivity index (χ0) is 18.4. The van der Waals surface area contributed by atoms with E-state index in [0.29, 0.717) is 0 Å². The van der Waals surface area contributed by atoms with Gasteiger partial charge in [0.05, 0.1) is 11.9 Å². The first kappa shape index (κ1) is 18.3. The maximum absolute atomic E-state index is 12.4. The minimum atomic E-state index is -4.69. The third kappa shape index (κ3) is 5.25. The SMILES string of the molecule is FC(F)(F)Oc1ccc(C(NC2=NCCCCC2)c2ccccc2)cc1. The number of nitrogens with one attached hydrogen (secondary N) is 1. The fourth-order valence-corrected chi connectivity index (χ4v) is 3.03. The highest BCUT2D eigenvalue weighted by molar-refractivity contribution is 5.83. The number of rotatable bonds is 4. The quantitative estimate of drug-likeness (QED) is 0.807. The largest absolute Gasteiger partial charge is 0.573 e. The van der Waals surface area contributed by atoms with Gasteiger partial charge >= 0.3 is 6.36 Å². The number of benzene rings is 2. The molecule has 0 aromatic heterocycles. The summed E-state index contributed by atoms with van der Waals surface area (Å²) in [5, 5.41) is 3.48. The molecule has 0 saturated carbocycles. The first-order valence-corrected chi connectivity index (χ1v) is 8.72. The van der Waals surface area contributed by atoms with E-state index >= 15 is 0 Å². The maximum atomic E-state index is 12.4. The van der Waals surface area contributed by atoms with Crippen molar-refractivity contribution < 1.29 is 17.9 Å². The molecule has 3 nitrogen and oxygen atoms in total. The van der Waals surface area contributed by atoms with Crippen molar-refractivity contribution in [3.63, 3.8) is 0 Å². The highest BCUT2D eigenvalue weighted by Crippen LogP contribution is 2.27. The third-order valence-corrected chi connectivity index (χ3v) is 4.27. The topological polar surface area (TPSA) is 33.6 Å². The van der Waals surface area contributed by atoms with Crippen molar-refractivity contribution in [1.29, 1.82) is 0 Å². The summed E-state index contributed by atoms with van der Waals surface area (Å²) >= 11 is 0. The summed E-state index contributed by atoms with van der Waals surface area (Å²) in [7, 11) is 0. The minimum absolute atomic E-state index is 0.173. The number of ether oxygens (including phenoxy) is 1. The normalized spacial score (nSPS) is 16.3. The molecule has 1 heterocycles. The van der Waals surface area contributed by atoms with Crippen LogP contribution in [0.25, 0.3) is 0 Å². The lowest BCUT2D eigenvalue weighted by molar-refractivity contribution is -0.274. The van der Waals surface area contributed by atoms with Gasteiger partial charge in [0, 0.05) is 13.0 Å². The standard InChI is InChI=1S/C20H21F3N2O/c21-20(22,23)26-17-12-10-16(11-13-17)19(15-7-3-1-4-8-15)25-18-9-5-2-6-14-24-18/h1,3-4,7-8,10-13,19H,2,5-6,9,14H2,(H,24,25). The van der Waals surface area contributed by atoms with Crippen LogP contribution in [0.3, 0.4) is 0 Å². The second-order valence-corrected chi connectivity index (χ2v) is 6.24. The van der Waals surface area contributed by atoms with Gasteiger partial charge in [0.25, 0.3) is 0 Å². The van der Waals surface area contributed by atoms with Gasteiger partial charge in [0.15, 0.2) is 0 Å². The molecule has 0 amide bonds. The molecule has 0 spiro atoms. The Bertz CT molecular complexity index is 727. The molecule has 3 rings (SSSR count). The Hall–Kier alpha value is -2.50. The van der Waals surface area contributed by atoms with Crippen LogP contribution in [-0.4, -0.2) is 18.7 Å². The van der Waals surface area contributed by atoms with Gasteiger partial charge in [-0.3, -0.25) is 4.99 Å². The Morgan fingerprint density at radius 3 is 2.27 bits per heavy atom. The number of hydrogen-bond acceptors (Lipinski definition) is 3. The van der Waals surface area contributed by atoms with Gasteiger partial charge in [-0.2, -0.15) is 0 Å². The van der Waals surface area contributed by atoms with Crippen LogP contribution in [0.1, 0.15) is 42.9 Å². The lowest BCUT2D eigenvalue weighted by Crippen LogP contribution is -2.29. The second kappa shape index (κ2) is 8.25. The molecule has 0 aliphatic carbocycles. The van der Waals surface area contributed by atoms with E-state index in [4.69, 9.17) is 0 Å². The summed E-state index contributed by atoms with van der Waals surface area (Å²) in [6.45, 7) is 0.808. The molecule has 0 bridgehead atoms. The van der Waals surface area contributed by atoms with Crippen LogP contribution in [0.4, 0.5) is 13.2 Å². The molecular formula is C20H21F3N2O. The molecule has 6 heteroatoms. The minimum Gasteiger partial charge on any atom is -0.406 e. The Labute approximate surface area is 150 Å². The summed E-state index contributed by atoms with van der Waals surface area (Å²) in [4.78, 5) is 4.61. The average Bonchev–Trinajstić information content (AvgIpc) is 2.89. The molecule has 1 aliphatic heterocycles. The lowest BCUT2D eigenvalue weighted by Gasteiger charge is -2.22. The van der Waals surface area contributed by atoms with Gasteiger partial charge in [-0.05, 0) is 36.1 Å². The molecule has 0 radical (unpaired) electrons. The number of amidine groups is 1. The first-order chi connectivity index (χ1) is 12.5. The predicted octanol–water partition coefficient (Wildman–Crippen LogP) is 5.24. The molecule has 1 unspecified atom stereocenters. The van der Waals surface area contributed by atoms with Crippen LogP contribution >= 0.6 is 0 Å². The molecular weight excluding hydrogens is 341 g/mol. The van der Waals surface area contributed by atoms with E-state index in [-0.39, 0.29) is 11.8 Å². The molecule has 1 aliphatic rings. The van der Waals surface area contributed by atoms with Gasteiger partial charge < -0.3 is 10.1 Å². The van der Waals surface area contributed by atoms with Gasteiger partial charge in [-0.15, -0.1) is 13.2 Å². The number of nitrogens with zero attached hydrogens (tertiary/aromatic N) is 1. The van der Waals surface area contributed by atoms with Gasteiger partial charge in [0.2, 0.25) is 0 Å². The van der Waals surface area contributed by atoms with Gasteiger partial charge in [-0.25, -0.2) is 0 Å². The van der Waals surface area contributed by atoms with Gasteiger partial charge in [-0.1, -0.05) is 48.9 Å².